The van der Waals surface area contributed by atoms with Crippen LogP contribution in [0.2, 0.25) is 0 Å². The van der Waals surface area contributed by atoms with Gasteiger partial charge < -0.3 is 19.4 Å². The van der Waals surface area contributed by atoms with Gasteiger partial charge in [-0.15, -0.1) is 0 Å². The van der Waals surface area contributed by atoms with Gasteiger partial charge >= 0.3 is 0 Å². The lowest BCUT2D eigenvalue weighted by molar-refractivity contribution is -0.121. The van der Waals surface area contributed by atoms with Gasteiger partial charge in [0.15, 0.2) is 0 Å². The third-order valence-corrected chi connectivity index (χ3v) is 5.40. The summed E-state index contributed by atoms with van der Waals surface area (Å²) in [6, 6.07) is 17.2. The Balaban J connectivity index is 1.39. The van der Waals surface area contributed by atoms with Crippen LogP contribution in [-0.4, -0.2) is 36.9 Å². The molecule has 154 valence electrons. The fourth-order valence-corrected chi connectivity index (χ4v) is 3.74. The molecular formula is C24H24N2O4. The van der Waals surface area contributed by atoms with Gasteiger partial charge in [0.05, 0.1) is 24.9 Å². The van der Waals surface area contributed by atoms with E-state index in [1.54, 1.807) is 18.1 Å². The normalized spacial score (nSPS) is 16.2. The van der Waals surface area contributed by atoms with E-state index in [1.807, 2.05) is 48.5 Å². The number of anilines is 1. The standard InChI is InChI=1S/C24H24N2O4/c1-29-22-6-2-4-18(14-22)17-7-9-21(10-8-17)25-23(27)19-5-3-12-26(15-19)24(28)20-11-13-30-16-20/h2,4,6-11,13-14,16,19H,3,5,12,15H2,1H3,(H,25,27). The topological polar surface area (TPSA) is 71.8 Å². The van der Waals surface area contributed by atoms with E-state index >= 15 is 0 Å². The number of furan rings is 1. The lowest BCUT2D eigenvalue weighted by Crippen LogP contribution is -2.43. The Hall–Kier alpha value is -3.54. The third-order valence-electron chi connectivity index (χ3n) is 5.40. The molecule has 1 unspecified atom stereocenters. The van der Waals surface area contributed by atoms with Gasteiger partial charge in [0.1, 0.15) is 12.0 Å². The van der Waals surface area contributed by atoms with Crippen LogP contribution in [0.15, 0.2) is 71.5 Å². The average molecular weight is 404 g/mol. The molecule has 1 aliphatic rings. The van der Waals surface area contributed by atoms with Gasteiger partial charge in [-0.1, -0.05) is 24.3 Å². The van der Waals surface area contributed by atoms with Crippen molar-refractivity contribution in [1.82, 2.24) is 4.90 Å². The summed E-state index contributed by atoms with van der Waals surface area (Å²) in [6.45, 7) is 1.07. The predicted octanol–water partition coefficient (Wildman–Crippen LogP) is 4.45. The van der Waals surface area contributed by atoms with E-state index in [2.05, 4.69) is 5.32 Å². The maximum Gasteiger partial charge on any atom is 0.257 e. The highest BCUT2D eigenvalue weighted by Gasteiger charge is 2.29. The highest BCUT2D eigenvalue weighted by atomic mass is 16.5. The van der Waals surface area contributed by atoms with Crippen molar-refractivity contribution >= 4 is 17.5 Å². The second-order valence-electron chi connectivity index (χ2n) is 7.40. The summed E-state index contributed by atoms with van der Waals surface area (Å²) in [5.74, 6) is 0.419. The molecule has 2 heterocycles. The highest BCUT2D eigenvalue weighted by Crippen LogP contribution is 2.26. The Morgan fingerprint density at radius 2 is 1.93 bits per heavy atom. The van der Waals surface area contributed by atoms with Crippen LogP contribution in [0.25, 0.3) is 11.1 Å². The van der Waals surface area contributed by atoms with Crippen LogP contribution in [0.3, 0.4) is 0 Å². The number of benzene rings is 2. The minimum atomic E-state index is -0.229. The molecule has 2 aromatic carbocycles. The van der Waals surface area contributed by atoms with Crippen LogP contribution in [0.1, 0.15) is 23.2 Å². The Labute approximate surface area is 175 Å². The molecular weight excluding hydrogens is 380 g/mol. The fourth-order valence-electron chi connectivity index (χ4n) is 3.74. The summed E-state index contributed by atoms with van der Waals surface area (Å²) in [5.41, 5.74) is 3.35. The summed E-state index contributed by atoms with van der Waals surface area (Å²) in [6.07, 6.45) is 4.49. The SMILES string of the molecule is COc1cccc(-c2ccc(NC(=O)C3CCCN(C(=O)c4ccoc4)C3)cc2)c1. The number of nitrogens with one attached hydrogen (secondary N) is 1. The molecule has 0 bridgehead atoms. The number of piperidine rings is 1. The van der Waals surface area contributed by atoms with Crippen molar-refractivity contribution in [1.29, 1.82) is 0 Å². The van der Waals surface area contributed by atoms with Crippen molar-refractivity contribution in [3.05, 3.63) is 72.7 Å². The average Bonchev–Trinajstić information content (AvgIpc) is 3.34. The lowest BCUT2D eigenvalue weighted by Gasteiger charge is -2.31. The summed E-state index contributed by atoms with van der Waals surface area (Å²) < 4.78 is 10.3. The predicted molar refractivity (Wildman–Crippen MR) is 114 cm³/mol. The molecule has 30 heavy (non-hydrogen) atoms. The molecule has 0 spiro atoms. The van der Waals surface area contributed by atoms with Gasteiger partial charge in [-0.2, -0.15) is 0 Å². The first kappa shape index (κ1) is 19.8. The Morgan fingerprint density at radius 3 is 2.67 bits per heavy atom. The van der Waals surface area contributed by atoms with Gasteiger partial charge in [0, 0.05) is 18.8 Å². The highest BCUT2D eigenvalue weighted by molar-refractivity contribution is 5.96. The monoisotopic (exact) mass is 404 g/mol. The molecule has 1 atom stereocenters. The van der Waals surface area contributed by atoms with Crippen LogP contribution >= 0.6 is 0 Å². The summed E-state index contributed by atoms with van der Waals surface area (Å²) in [4.78, 5) is 27.0. The second kappa shape index (κ2) is 8.86. The third kappa shape index (κ3) is 4.38. The fraction of sp³-hybridized carbons (Fsp3) is 0.250. The quantitative estimate of drug-likeness (QED) is 0.682. The first-order chi connectivity index (χ1) is 14.6. The van der Waals surface area contributed by atoms with E-state index < -0.39 is 0 Å². The molecule has 1 fully saturated rings. The molecule has 3 aromatic rings. The second-order valence-corrected chi connectivity index (χ2v) is 7.40. The molecule has 1 saturated heterocycles. The molecule has 0 radical (unpaired) electrons. The van der Waals surface area contributed by atoms with Crippen molar-refractivity contribution in [2.24, 2.45) is 5.92 Å². The first-order valence-corrected chi connectivity index (χ1v) is 10.0. The number of hydrogen-bond donors (Lipinski definition) is 1. The Morgan fingerprint density at radius 1 is 1.10 bits per heavy atom. The Kier molecular flexibility index (Phi) is 5.84. The van der Waals surface area contributed by atoms with E-state index in [4.69, 9.17) is 9.15 Å². The van der Waals surface area contributed by atoms with E-state index in [1.165, 1.54) is 12.5 Å². The van der Waals surface area contributed by atoms with E-state index in [0.717, 1.165) is 35.4 Å². The van der Waals surface area contributed by atoms with Crippen LogP contribution in [0.5, 0.6) is 5.75 Å². The van der Waals surface area contributed by atoms with Crippen LogP contribution in [0.4, 0.5) is 5.69 Å². The van der Waals surface area contributed by atoms with Gasteiger partial charge in [-0.05, 0) is 54.3 Å². The molecule has 6 heteroatoms. The number of nitrogens with zero attached hydrogens (tertiary/aromatic N) is 1. The summed E-state index contributed by atoms with van der Waals surface area (Å²) in [7, 11) is 1.65. The molecule has 1 N–H and O–H groups in total. The maximum absolute atomic E-state index is 12.8. The number of carbonyl (C=O) groups excluding carboxylic acids is 2. The minimum Gasteiger partial charge on any atom is -0.497 e. The zero-order chi connectivity index (χ0) is 20.9. The van der Waals surface area contributed by atoms with Crippen LogP contribution < -0.4 is 10.1 Å². The zero-order valence-electron chi connectivity index (χ0n) is 16.8. The van der Waals surface area contributed by atoms with E-state index in [0.29, 0.717) is 18.7 Å². The first-order valence-electron chi connectivity index (χ1n) is 10.0. The van der Waals surface area contributed by atoms with Gasteiger partial charge in [-0.3, -0.25) is 9.59 Å². The van der Waals surface area contributed by atoms with Gasteiger partial charge in [0.2, 0.25) is 5.91 Å². The molecule has 4 rings (SSSR count). The van der Waals surface area contributed by atoms with Crippen LogP contribution in [0, 0.1) is 5.92 Å². The summed E-state index contributed by atoms with van der Waals surface area (Å²) >= 11 is 0. The molecule has 0 saturated carbocycles. The Bertz CT molecular complexity index is 1010. The number of ether oxygens (including phenoxy) is 1. The lowest BCUT2D eigenvalue weighted by atomic mass is 9.96. The van der Waals surface area contributed by atoms with E-state index in [9.17, 15) is 9.59 Å². The number of amides is 2. The van der Waals surface area contributed by atoms with E-state index in [-0.39, 0.29) is 17.7 Å². The molecule has 0 aliphatic carbocycles. The molecule has 6 nitrogen and oxygen atoms in total. The molecule has 1 aromatic heterocycles. The van der Waals surface area contributed by atoms with Crippen molar-refractivity contribution in [3.8, 4) is 16.9 Å². The zero-order valence-corrected chi connectivity index (χ0v) is 16.8. The number of likely N-dealkylation sites (tertiary alicyclic amines) is 1. The van der Waals surface area contributed by atoms with Crippen molar-refractivity contribution in [3.63, 3.8) is 0 Å². The van der Waals surface area contributed by atoms with Crippen LogP contribution in [-0.2, 0) is 4.79 Å². The summed E-state index contributed by atoms with van der Waals surface area (Å²) in [5, 5.41) is 2.99. The van der Waals surface area contributed by atoms with Crippen molar-refractivity contribution < 1.29 is 18.7 Å². The number of carbonyl (C=O) groups is 2. The maximum atomic E-state index is 12.8. The smallest absolute Gasteiger partial charge is 0.257 e. The minimum absolute atomic E-state index is 0.0613. The molecule has 1 aliphatic heterocycles. The number of rotatable bonds is 5. The van der Waals surface area contributed by atoms with Crippen molar-refractivity contribution in [2.75, 3.05) is 25.5 Å². The molecule has 2 amide bonds. The largest absolute Gasteiger partial charge is 0.497 e. The van der Waals surface area contributed by atoms with Gasteiger partial charge in [-0.25, -0.2) is 0 Å². The van der Waals surface area contributed by atoms with Gasteiger partial charge in [0.25, 0.3) is 5.91 Å². The van der Waals surface area contributed by atoms with Crippen molar-refractivity contribution in [2.45, 2.75) is 12.8 Å². The number of hydrogen-bond acceptors (Lipinski definition) is 4. The number of methoxy groups -OCH3 is 1.